The van der Waals surface area contributed by atoms with Gasteiger partial charge in [0.25, 0.3) is 0 Å². The molecule has 0 bridgehead atoms. The molecule has 1 atom stereocenters. The summed E-state index contributed by atoms with van der Waals surface area (Å²) < 4.78 is 17.4. The van der Waals surface area contributed by atoms with Gasteiger partial charge in [0.1, 0.15) is 0 Å². The number of aliphatic imine (C=N–C) groups is 1. The van der Waals surface area contributed by atoms with Gasteiger partial charge in [0.05, 0.1) is 0 Å². The van der Waals surface area contributed by atoms with Crippen molar-refractivity contribution in [1.82, 2.24) is 10.6 Å². The topological polar surface area (TPSA) is 62.7 Å². The number of nitrogens with zero attached hydrogens (tertiary/aromatic N) is 1. The van der Waals surface area contributed by atoms with E-state index in [1.165, 1.54) is 0 Å². The van der Waals surface area contributed by atoms with Crippen molar-refractivity contribution in [2.75, 3.05) is 38.6 Å². The Hall–Kier alpha value is -0.670. The van der Waals surface area contributed by atoms with E-state index in [2.05, 4.69) is 15.6 Å². The van der Waals surface area contributed by atoms with E-state index in [-0.39, 0.29) is 24.0 Å². The Kier molecular flexibility index (Phi) is 16.3. The van der Waals surface area contributed by atoms with Crippen LogP contribution < -0.4 is 10.6 Å². The number of rotatable bonds is 12. The smallest absolute Gasteiger partial charge is 0.191 e. The first kappa shape index (κ1) is 24.3. The second-order valence-electron chi connectivity index (χ2n) is 5.37. The highest BCUT2D eigenvalue weighted by Crippen LogP contribution is 2.02. The van der Waals surface area contributed by atoms with Crippen LogP contribution in [-0.2, 0) is 21.3 Å². The summed E-state index contributed by atoms with van der Waals surface area (Å²) in [5.74, 6) is 2.02. The van der Waals surface area contributed by atoms with E-state index >= 15 is 0 Å². The van der Waals surface area contributed by atoms with Crippen LogP contribution in [0, 0.1) is 0 Å². The molecule has 1 rings (SSSR count). The summed E-state index contributed by atoms with van der Waals surface area (Å²) in [6, 6.07) is 9.96. The maximum Gasteiger partial charge on any atom is 0.191 e. The molecule has 0 spiro atoms. The molecule has 0 heterocycles. The van der Waals surface area contributed by atoms with Crippen LogP contribution in [0.1, 0.15) is 32.3 Å². The highest BCUT2D eigenvalue weighted by molar-refractivity contribution is 14.0. The zero-order chi connectivity index (χ0) is 17.5. The molecule has 0 fully saturated rings. The fourth-order valence-corrected chi connectivity index (χ4v) is 3.15. The molecule has 144 valence electrons. The van der Waals surface area contributed by atoms with Gasteiger partial charge in [0.2, 0.25) is 0 Å². The number of guanidine groups is 1. The largest absolute Gasteiger partial charge is 0.382 e. The molecule has 0 aromatic heterocycles. The Labute approximate surface area is 171 Å². The van der Waals surface area contributed by atoms with E-state index < -0.39 is 10.8 Å². The van der Waals surface area contributed by atoms with Crippen LogP contribution in [0.25, 0.3) is 0 Å². The first-order chi connectivity index (χ1) is 11.8. The minimum atomic E-state index is -0.864. The Balaban J connectivity index is 0.00000576. The zero-order valence-corrected chi connectivity index (χ0v) is 18.5. The second kappa shape index (κ2) is 16.8. The number of halogens is 1. The Morgan fingerprint density at radius 2 is 1.92 bits per heavy atom. The lowest BCUT2D eigenvalue weighted by atomic mass is 10.2. The van der Waals surface area contributed by atoms with Gasteiger partial charge in [-0.05, 0) is 32.3 Å². The van der Waals surface area contributed by atoms with Crippen LogP contribution in [0.15, 0.2) is 35.3 Å². The summed E-state index contributed by atoms with van der Waals surface area (Å²) in [4.78, 5) is 4.53. The molecule has 0 saturated heterocycles. The molecule has 1 unspecified atom stereocenters. The van der Waals surface area contributed by atoms with Gasteiger partial charge in [-0.1, -0.05) is 30.3 Å². The van der Waals surface area contributed by atoms with Crippen molar-refractivity contribution in [3.8, 4) is 0 Å². The third-order valence-corrected chi connectivity index (χ3v) is 4.62. The van der Waals surface area contributed by atoms with Crippen LogP contribution in [0.2, 0.25) is 0 Å². The molecular weight excluding hydrogens is 449 g/mol. The van der Waals surface area contributed by atoms with Crippen molar-refractivity contribution in [3.63, 3.8) is 0 Å². The van der Waals surface area contributed by atoms with Gasteiger partial charge in [-0.15, -0.1) is 24.0 Å². The highest BCUT2D eigenvalue weighted by Gasteiger charge is 2.03. The molecular formula is C18H32IN3O2S. The first-order valence-corrected chi connectivity index (χ1v) is 10.2. The van der Waals surface area contributed by atoms with Gasteiger partial charge in [-0.25, -0.2) is 0 Å². The van der Waals surface area contributed by atoms with Gasteiger partial charge in [0, 0.05) is 55.2 Å². The fourth-order valence-electron chi connectivity index (χ4n) is 2.11. The average molecular weight is 481 g/mol. The summed E-state index contributed by atoms with van der Waals surface area (Å²) in [6.07, 6.45) is 2.04. The van der Waals surface area contributed by atoms with Crippen molar-refractivity contribution in [1.29, 1.82) is 0 Å². The van der Waals surface area contributed by atoms with E-state index in [1.807, 2.05) is 44.2 Å². The first-order valence-electron chi connectivity index (χ1n) is 8.75. The maximum atomic E-state index is 12.1. The number of hydrogen-bond acceptors (Lipinski definition) is 3. The summed E-state index contributed by atoms with van der Waals surface area (Å²) >= 11 is 0. The van der Waals surface area contributed by atoms with Gasteiger partial charge >= 0.3 is 0 Å². The predicted octanol–water partition coefficient (Wildman–Crippen LogP) is 2.93. The van der Waals surface area contributed by atoms with Crippen LogP contribution in [0.4, 0.5) is 0 Å². The van der Waals surface area contributed by atoms with Gasteiger partial charge in [-0.3, -0.25) is 9.20 Å². The molecule has 1 aromatic carbocycles. The third-order valence-electron chi connectivity index (χ3n) is 3.31. The zero-order valence-electron chi connectivity index (χ0n) is 15.3. The molecule has 5 nitrogen and oxygen atoms in total. The normalized spacial score (nSPS) is 12.3. The molecule has 0 aliphatic rings. The van der Waals surface area contributed by atoms with Crippen LogP contribution in [-0.4, -0.2) is 48.8 Å². The highest BCUT2D eigenvalue weighted by atomic mass is 127. The molecule has 2 N–H and O–H groups in total. The maximum absolute atomic E-state index is 12.1. The Morgan fingerprint density at radius 1 is 1.16 bits per heavy atom. The lowest BCUT2D eigenvalue weighted by molar-refractivity contribution is 0.144. The molecule has 0 radical (unpaired) electrons. The van der Waals surface area contributed by atoms with E-state index in [0.29, 0.717) is 18.1 Å². The third kappa shape index (κ3) is 13.2. The van der Waals surface area contributed by atoms with E-state index in [1.54, 1.807) is 0 Å². The number of unbranched alkanes of at least 4 members (excludes halogenated alkanes) is 1. The van der Waals surface area contributed by atoms with Gasteiger partial charge in [-0.2, -0.15) is 0 Å². The van der Waals surface area contributed by atoms with Crippen LogP contribution >= 0.6 is 24.0 Å². The molecule has 0 aliphatic heterocycles. The average Bonchev–Trinajstić information content (AvgIpc) is 2.58. The number of nitrogens with one attached hydrogen (secondary N) is 2. The summed E-state index contributed by atoms with van der Waals surface area (Å²) in [6.45, 7) is 7.87. The summed E-state index contributed by atoms with van der Waals surface area (Å²) in [7, 11) is -0.864. The number of ether oxygens (including phenoxy) is 1. The van der Waals surface area contributed by atoms with E-state index in [9.17, 15) is 4.21 Å². The van der Waals surface area contributed by atoms with Crippen molar-refractivity contribution >= 4 is 40.7 Å². The van der Waals surface area contributed by atoms with Crippen LogP contribution in [0.3, 0.4) is 0 Å². The number of hydrogen-bond donors (Lipinski definition) is 2. The van der Waals surface area contributed by atoms with Crippen molar-refractivity contribution in [2.24, 2.45) is 4.99 Å². The minimum absolute atomic E-state index is 0. The lowest BCUT2D eigenvalue weighted by Crippen LogP contribution is -2.39. The molecule has 25 heavy (non-hydrogen) atoms. The van der Waals surface area contributed by atoms with Crippen LogP contribution in [0.5, 0.6) is 0 Å². The Morgan fingerprint density at radius 3 is 2.60 bits per heavy atom. The standard InChI is InChI=1S/C18H31N3O2S.HI/c1-3-19-18(20-12-8-9-14-23-4-2)21-13-15-24(22)16-17-10-6-5-7-11-17;/h5-7,10-11H,3-4,8-9,12-16H2,1-2H3,(H2,19,20,21);1H. The minimum Gasteiger partial charge on any atom is -0.382 e. The summed E-state index contributed by atoms with van der Waals surface area (Å²) in [5, 5.41) is 6.47. The summed E-state index contributed by atoms with van der Waals surface area (Å²) in [5.41, 5.74) is 1.12. The van der Waals surface area contributed by atoms with Crippen molar-refractivity contribution in [2.45, 2.75) is 32.4 Å². The molecule has 1 aromatic rings. The molecule has 0 aliphatic carbocycles. The second-order valence-corrected chi connectivity index (χ2v) is 6.94. The SMILES string of the molecule is CCNC(=NCCCCOCC)NCCS(=O)Cc1ccccc1.I. The fraction of sp³-hybridized carbons (Fsp3) is 0.611. The number of benzene rings is 1. The van der Waals surface area contributed by atoms with Gasteiger partial charge < -0.3 is 15.4 Å². The van der Waals surface area contributed by atoms with Gasteiger partial charge in [0.15, 0.2) is 5.96 Å². The van der Waals surface area contributed by atoms with Crippen molar-refractivity contribution < 1.29 is 8.95 Å². The predicted molar refractivity (Wildman–Crippen MR) is 118 cm³/mol. The lowest BCUT2D eigenvalue weighted by Gasteiger charge is -2.11. The molecule has 0 amide bonds. The van der Waals surface area contributed by atoms with Crippen molar-refractivity contribution in [3.05, 3.63) is 35.9 Å². The Bertz CT molecular complexity index is 486. The molecule has 0 saturated carbocycles. The monoisotopic (exact) mass is 481 g/mol. The quantitative estimate of drug-likeness (QED) is 0.209. The van der Waals surface area contributed by atoms with E-state index in [0.717, 1.165) is 50.7 Å². The van der Waals surface area contributed by atoms with E-state index in [4.69, 9.17) is 4.74 Å². The molecule has 7 heteroatoms.